The van der Waals surface area contributed by atoms with Gasteiger partial charge in [0.1, 0.15) is 20.6 Å². The van der Waals surface area contributed by atoms with E-state index in [1.807, 2.05) is 71.7 Å². The number of alkyl halides is 1. The highest BCUT2D eigenvalue weighted by Crippen LogP contribution is 2.42. The van der Waals surface area contributed by atoms with Gasteiger partial charge in [-0.25, -0.2) is 4.79 Å². The topological polar surface area (TPSA) is 108 Å². The van der Waals surface area contributed by atoms with Crippen LogP contribution in [0.2, 0.25) is 37.8 Å². The van der Waals surface area contributed by atoms with Crippen LogP contribution in [0, 0.1) is 11.5 Å². The molecular weight excluding hydrogens is 568 g/mol. The number of hydrogen-bond acceptors (Lipinski definition) is 8. The van der Waals surface area contributed by atoms with Crippen molar-refractivity contribution in [1.29, 1.82) is 0 Å². The molecule has 1 aromatic rings. The fourth-order valence-corrected chi connectivity index (χ4v) is 5.53. The zero-order valence-electron chi connectivity index (χ0n) is 25.3. The van der Waals surface area contributed by atoms with Gasteiger partial charge in [0.15, 0.2) is 20.0 Å². The summed E-state index contributed by atoms with van der Waals surface area (Å²) in [6.07, 6.45) is -3.65. The van der Waals surface area contributed by atoms with E-state index in [2.05, 4.69) is 11.5 Å². The van der Waals surface area contributed by atoms with Crippen LogP contribution in [-0.4, -0.2) is 69.7 Å². The van der Waals surface area contributed by atoms with Crippen LogP contribution in [0.3, 0.4) is 0 Å². The highest BCUT2D eigenvalue weighted by Gasteiger charge is 2.56. The first-order valence-corrected chi connectivity index (χ1v) is 20.3. The van der Waals surface area contributed by atoms with E-state index < -0.39 is 69.4 Å². The van der Waals surface area contributed by atoms with E-state index in [0.29, 0.717) is 0 Å². The monoisotopic (exact) mass is 612 g/mol. The van der Waals surface area contributed by atoms with Crippen molar-refractivity contribution in [3.63, 3.8) is 0 Å². The zero-order chi connectivity index (χ0) is 30.8. The predicted molar refractivity (Wildman–Crippen MR) is 161 cm³/mol. The first kappa shape index (κ1) is 35.9. The van der Waals surface area contributed by atoms with Crippen LogP contribution in [0.5, 0.6) is 0 Å². The molecule has 1 N–H and O–H groups in total. The number of benzene rings is 1. The summed E-state index contributed by atoms with van der Waals surface area (Å²) in [5.41, 5.74) is 1.71. The van der Waals surface area contributed by atoms with Crippen molar-refractivity contribution in [3.8, 4) is 11.5 Å². The molecule has 3 atom stereocenters. The average molecular weight is 613 g/mol. The fourth-order valence-electron chi connectivity index (χ4n) is 3.37. The molecule has 0 unspecified atom stereocenters. The molecule has 0 aliphatic carbocycles. The zero-order valence-corrected chi connectivity index (χ0v) is 28.0. The van der Waals surface area contributed by atoms with Crippen LogP contribution in [0.25, 0.3) is 0 Å². The number of carbonyl (C=O) groups is 3. The Morgan fingerprint density at radius 2 is 1.60 bits per heavy atom. The Kier molecular flexibility index (Phi) is 13.6. The number of hydrogen-bond donors (Lipinski definition) is 1. The summed E-state index contributed by atoms with van der Waals surface area (Å²) in [5.74, 6) is 0.149. The second kappa shape index (κ2) is 15.2. The minimum absolute atomic E-state index is 0.0712. The van der Waals surface area contributed by atoms with Gasteiger partial charge in [0.25, 0.3) is 0 Å². The molecular formula is C29H45ClO8Si2. The molecule has 0 spiro atoms. The molecule has 1 rings (SSSR count). The standard InChI is InChI=1S/C29H45ClO8Si2/c1-10-35-25(32)19-29(38-40(8,9)28(2,3)4,27(34)36-21-22-14-12-11-13-15-22)24(31)18-23(37-26(33)20-30)16-17-39(5,6)7/h11-15,23-24,31H,10,18-21H2,1-9H3/t23-,24+,29-/m0/s1. The van der Waals surface area contributed by atoms with Gasteiger partial charge in [-0.15, -0.1) is 17.1 Å². The quantitative estimate of drug-likeness (QED) is 0.106. The maximum atomic E-state index is 14.0. The molecule has 0 amide bonds. The Balaban J connectivity index is 3.66. The molecule has 40 heavy (non-hydrogen) atoms. The van der Waals surface area contributed by atoms with E-state index in [-0.39, 0.29) is 19.6 Å². The Bertz CT molecular complexity index is 1050. The molecule has 0 saturated carbocycles. The smallest absolute Gasteiger partial charge is 0.340 e. The second-order valence-corrected chi connectivity index (χ2v) is 21.9. The minimum Gasteiger partial charge on any atom is -0.466 e. The lowest BCUT2D eigenvalue weighted by Gasteiger charge is -2.45. The van der Waals surface area contributed by atoms with Crippen molar-refractivity contribution >= 4 is 45.9 Å². The third-order valence-corrected chi connectivity index (χ3v) is 12.1. The normalized spacial score (nSPS) is 15.1. The number of carbonyl (C=O) groups excluding carboxylic acids is 3. The Labute approximate surface area is 246 Å². The molecule has 8 nitrogen and oxygen atoms in total. The first-order valence-electron chi connectivity index (χ1n) is 13.4. The highest BCUT2D eigenvalue weighted by molar-refractivity contribution is 6.83. The van der Waals surface area contributed by atoms with Crippen LogP contribution in [0.15, 0.2) is 30.3 Å². The van der Waals surface area contributed by atoms with Crippen molar-refractivity contribution < 1.29 is 38.1 Å². The minimum atomic E-state index is -2.83. The van der Waals surface area contributed by atoms with Crippen molar-refractivity contribution in [2.24, 2.45) is 0 Å². The number of rotatable bonds is 13. The average Bonchev–Trinajstić information content (AvgIpc) is 2.84. The Hall–Kier alpha value is -2.17. The maximum Gasteiger partial charge on any atom is 0.340 e. The van der Waals surface area contributed by atoms with Gasteiger partial charge in [0.2, 0.25) is 0 Å². The summed E-state index contributed by atoms with van der Waals surface area (Å²) in [6.45, 7) is 17.4. The molecule has 0 aliphatic rings. The Morgan fingerprint density at radius 3 is 2.10 bits per heavy atom. The van der Waals surface area contributed by atoms with E-state index in [1.54, 1.807) is 19.1 Å². The molecule has 0 aliphatic heterocycles. The van der Waals surface area contributed by atoms with Gasteiger partial charge >= 0.3 is 17.9 Å². The number of halogens is 1. The van der Waals surface area contributed by atoms with E-state index >= 15 is 0 Å². The van der Waals surface area contributed by atoms with Gasteiger partial charge in [-0.05, 0) is 30.6 Å². The van der Waals surface area contributed by atoms with Gasteiger partial charge in [-0.1, -0.05) is 76.7 Å². The Morgan fingerprint density at radius 1 is 1.00 bits per heavy atom. The third-order valence-electron chi connectivity index (χ3n) is 6.48. The van der Waals surface area contributed by atoms with E-state index in [1.165, 1.54) is 0 Å². The predicted octanol–water partition coefficient (Wildman–Crippen LogP) is 5.23. The fraction of sp³-hybridized carbons (Fsp3) is 0.621. The molecule has 0 heterocycles. The van der Waals surface area contributed by atoms with Crippen LogP contribution in [0.4, 0.5) is 0 Å². The molecule has 0 bridgehead atoms. The van der Waals surface area contributed by atoms with Crippen molar-refractivity contribution in [2.45, 2.75) is 103 Å². The van der Waals surface area contributed by atoms with Crippen LogP contribution in [-0.2, 0) is 39.6 Å². The van der Waals surface area contributed by atoms with Crippen molar-refractivity contribution in [2.75, 3.05) is 12.5 Å². The second-order valence-electron chi connectivity index (χ2n) is 12.2. The summed E-state index contributed by atoms with van der Waals surface area (Å²) in [6, 6.07) is 9.04. The molecule has 0 fully saturated rings. The summed E-state index contributed by atoms with van der Waals surface area (Å²) in [4.78, 5) is 39.0. The molecule has 11 heteroatoms. The van der Waals surface area contributed by atoms with Crippen molar-refractivity contribution in [1.82, 2.24) is 0 Å². The number of esters is 3. The largest absolute Gasteiger partial charge is 0.466 e. The molecule has 0 radical (unpaired) electrons. The number of aliphatic hydroxyl groups is 1. The van der Waals surface area contributed by atoms with E-state index in [0.717, 1.165) is 5.56 Å². The summed E-state index contributed by atoms with van der Waals surface area (Å²) in [5, 5.41) is 11.4. The summed E-state index contributed by atoms with van der Waals surface area (Å²) in [7, 11) is -4.74. The van der Waals surface area contributed by atoms with Gasteiger partial charge in [0.05, 0.1) is 19.1 Å². The van der Waals surface area contributed by atoms with Gasteiger partial charge in [0, 0.05) is 6.42 Å². The molecule has 0 aromatic heterocycles. The van der Waals surface area contributed by atoms with Crippen LogP contribution < -0.4 is 0 Å². The lowest BCUT2D eigenvalue weighted by molar-refractivity contribution is -0.185. The molecule has 224 valence electrons. The van der Waals surface area contributed by atoms with Crippen molar-refractivity contribution in [3.05, 3.63) is 35.9 Å². The van der Waals surface area contributed by atoms with Gasteiger partial charge in [-0.2, -0.15) is 0 Å². The molecule has 0 saturated heterocycles. The number of aliphatic hydroxyl groups excluding tert-OH is 1. The van der Waals surface area contributed by atoms with E-state index in [4.69, 9.17) is 30.2 Å². The maximum absolute atomic E-state index is 14.0. The van der Waals surface area contributed by atoms with E-state index in [9.17, 15) is 19.5 Å². The third kappa shape index (κ3) is 11.4. The first-order chi connectivity index (χ1) is 18.4. The van der Waals surface area contributed by atoms with Gasteiger partial charge < -0.3 is 23.7 Å². The van der Waals surface area contributed by atoms with Crippen LogP contribution >= 0.6 is 11.6 Å². The molecule has 1 aromatic carbocycles. The highest BCUT2D eigenvalue weighted by atomic mass is 35.5. The lowest BCUT2D eigenvalue weighted by Crippen LogP contribution is -2.61. The number of ether oxygens (including phenoxy) is 3. The summed E-state index contributed by atoms with van der Waals surface area (Å²) >= 11 is 5.67. The van der Waals surface area contributed by atoms with Gasteiger partial charge in [-0.3, -0.25) is 9.59 Å². The summed E-state index contributed by atoms with van der Waals surface area (Å²) < 4.78 is 22.9. The van der Waals surface area contributed by atoms with Crippen LogP contribution in [0.1, 0.15) is 46.1 Å². The SMILES string of the molecule is CCOC(=O)C[C@@](O[Si](C)(C)C(C)(C)C)(C(=O)OCc1ccccc1)[C@H](O)C[C@H](C#C[Si](C)(C)C)OC(=O)CCl. The lowest BCUT2D eigenvalue weighted by atomic mass is 9.89.